The van der Waals surface area contributed by atoms with Gasteiger partial charge in [0.05, 0.1) is 11.8 Å². The molecule has 0 fully saturated rings. The van der Waals surface area contributed by atoms with Crippen LogP contribution in [-0.2, 0) is 0 Å². The Kier molecular flexibility index (Phi) is 3.16. The molecule has 1 rings (SSSR count). The van der Waals surface area contributed by atoms with Gasteiger partial charge < -0.3 is 15.9 Å². The molecule has 1 aromatic rings. The molecule has 0 spiro atoms. The van der Waals surface area contributed by atoms with Gasteiger partial charge in [0.15, 0.2) is 0 Å². The Morgan fingerprint density at radius 3 is 2.67 bits per heavy atom. The number of aliphatic hydroxyl groups excluding tert-OH is 2. The molecular formula is C8H12N2O2. The van der Waals surface area contributed by atoms with Crippen LogP contribution in [0.2, 0.25) is 0 Å². The highest BCUT2D eigenvalue weighted by Crippen LogP contribution is 2.12. The number of rotatable bonds is 3. The predicted molar refractivity (Wildman–Crippen MR) is 44.3 cm³/mol. The first-order chi connectivity index (χ1) is 5.75. The first kappa shape index (κ1) is 9.12. The van der Waals surface area contributed by atoms with Crippen LogP contribution in [0.25, 0.3) is 0 Å². The van der Waals surface area contributed by atoms with E-state index >= 15 is 0 Å². The minimum absolute atomic E-state index is 0.0255. The Hall–Kier alpha value is -0.970. The summed E-state index contributed by atoms with van der Waals surface area (Å²) in [5.41, 5.74) is 5.61. The summed E-state index contributed by atoms with van der Waals surface area (Å²) in [6.45, 7) is 0.0255. The third-order valence-corrected chi connectivity index (χ3v) is 1.60. The molecule has 4 N–H and O–H groups in total. The van der Waals surface area contributed by atoms with Gasteiger partial charge in [0, 0.05) is 12.7 Å². The number of nitrogens with zero attached hydrogens (tertiary/aromatic N) is 1. The van der Waals surface area contributed by atoms with Crippen LogP contribution in [0.3, 0.4) is 0 Å². The molecule has 1 heterocycles. The Morgan fingerprint density at radius 1 is 1.42 bits per heavy atom. The monoisotopic (exact) mass is 168 g/mol. The van der Waals surface area contributed by atoms with Crippen LogP contribution in [0.5, 0.6) is 0 Å². The van der Waals surface area contributed by atoms with Crippen molar-refractivity contribution in [1.82, 2.24) is 4.98 Å². The third kappa shape index (κ3) is 2.01. The van der Waals surface area contributed by atoms with Crippen LogP contribution in [0.1, 0.15) is 11.8 Å². The van der Waals surface area contributed by atoms with E-state index in [9.17, 15) is 5.11 Å². The van der Waals surface area contributed by atoms with Crippen LogP contribution in [-0.4, -0.2) is 27.8 Å². The zero-order valence-corrected chi connectivity index (χ0v) is 6.59. The number of hydrogen-bond donors (Lipinski definition) is 3. The van der Waals surface area contributed by atoms with Gasteiger partial charge in [0.1, 0.15) is 6.10 Å². The van der Waals surface area contributed by atoms with Gasteiger partial charge in [0.2, 0.25) is 0 Å². The van der Waals surface area contributed by atoms with Crippen molar-refractivity contribution in [3.05, 3.63) is 30.1 Å². The van der Waals surface area contributed by atoms with Crippen molar-refractivity contribution >= 4 is 0 Å². The smallest absolute Gasteiger partial charge is 0.123 e. The Morgan fingerprint density at radius 2 is 2.17 bits per heavy atom. The summed E-state index contributed by atoms with van der Waals surface area (Å²) < 4.78 is 0. The number of aromatic nitrogens is 1. The van der Waals surface area contributed by atoms with Gasteiger partial charge in [0.25, 0.3) is 0 Å². The Labute approximate surface area is 70.7 Å². The topological polar surface area (TPSA) is 79.4 Å². The van der Waals surface area contributed by atoms with E-state index in [1.165, 1.54) is 0 Å². The van der Waals surface area contributed by atoms with E-state index in [4.69, 9.17) is 10.8 Å². The fraction of sp³-hybridized carbons (Fsp3) is 0.375. The average Bonchev–Trinajstić information content (AvgIpc) is 2.17. The average molecular weight is 168 g/mol. The highest BCUT2D eigenvalue weighted by molar-refractivity contribution is 5.07. The third-order valence-electron chi connectivity index (χ3n) is 1.60. The lowest BCUT2D eigenvalue weighted by Gasteiger charge is -2.14. The largest absolute Gasteiger partial charge is 0.389 e. The van der Waals surface area contributed by atoms with Crippen molar-refractivity contribution in [1.29, 1.82) is 0 Å². The molecule has 0 bridgehead atoms. The number of pyridine rings is 1. The molecule has 0 saturated carbocycles. The molecule has 1 aromatic heterocycles. The summed E-state index contributed by atoms with van der Waals surface area (Å²) in [5.74, 6) is 0. The van der Waals surface area contributed by atoms with Crippen LogP contribution in [0.4, 0.5) is 0 Å². The molecular weight excluding hydrogens is 156 g/mol. The first-order valence-electron chi connectivity index (χ1n) is 3.73. The second kappa shape index (κ2) is 4.15. The molecule has 66 valence electrons. The maximum atomic E-state index is 9.40. The lowest BCUT2D eigenvalue weighted by Crippen LogP contribution is -2.27. The van der Waals surface area contributed by atoms with Gasteiger partial charge in [-0.2, -0.15) is 0 Å². The van der Waals surface area contributed by atoms with E-state index in [1.807, 2.05) is 0 Å². The molecule has 2 unspecified atom stereocenters. The predicted octanol–water partition coefficient (Wildman–Crippen LogP) is -0.565. The zero-order chi connectivity index (χ0) is 8.97. The summed E-state index contributed by atoms with van der Waals surface area (Å²) in [6.07, 6.45) is -0.377. The van der Waals surface area contributed by atoms with Crippen molar-refractivity contribution in [2.45, 2.75) is 12.2 Å². The van der Waals surface area contributed by atoms with E-state index in [-0.39, 0.29) is 6.54 Å². The SMILES string of the molecule is NCC(O)C(O)c1ccccn1. The molecule has 4 heteroatoms. The number of aliphatic hydroxyl groups is 2. The van der Waals surface area contributed by atoms with Crippen LogP contribution in [0, 0.1) is 0 Å². The summed E-state index contributed by atoms with van der Waals surface area (Å²) in [7, 11) is 0. The molecule has 0 aromatic carbocycles. The molecule has 0 aliphatic carbocycles. The van der Waals surface area contributed by atoms with Gasteiger partial charge in [-0.25, -0.2) is 0 Å². The Bertz CT molecular complexity index is 228. The van der Waals surface area contributed by atoms with E-state index in [0.717, 1.165) is 0 Å². The van der Waals surface area contributed by atoms with Crippen LogP contribution in [0.15, 0.2) is 24.4 Å². The zero-order valence-electron chi connectivity index (χ0n) is 6.59. The second-order valence-electron chi connectivity index (χ2n) is 2.50. The molecule has 12 heavy (non-hydrogen) atoms. The maximum absolute atomic E-state index is 9.40. The molecule has 0 aliphatic rings. The number of nitrogens with two attached hydrogens (primary N) is 1. The maximum Gasteiger partial charge on any atom is 0.123 e. The number of hydrogen-bond acceptors (Lipinski definition) is 4. The summed E-state index contributed by atoms with van der Waals surface area (Å²) in [4.78, 5) is 3.88. The van der Waals surface area contributed by atoms with Gasteiger partial charge in [-0.3, -0.25) is 4.98 Å². The lowest BCUT2D eigenvalue weighted by atomic mass is 10.1. The molecule has 2 atom stereocenters. The van der Waals surface area contributed by atoms with Gasteiger partial charge >= 0.3 is 0 Å². The van der Waals surface area contributed by atoms with Crippen LogP contribution >= 0.6 is 0 Å². The quantitative estimate of drug-likeness (QED) is 0.565. The van der Waals surface area contributed by atoms with E-state index < -0.39 is 12.2 Å². The van der Waals surface area contributed by atoms with E-state index in [2.05, 4.69) is 4.98 Å². The molecule has 0 radical (unpaired) electrons. The lowest BCUT2D eigenvalue weighted by molar-refractivity contribution is 0.0217. The summed E-state index contributed by atoms with van der Waals surface area (Å²) in [6, 6.07) is 5.13. The first-order valence-corrected chi connectivity index (χ1v) is 3.73. The van der Waals surface area contributed by atoms with E-state index in [0.29, 0.717) is 5.69 Å². The molecule has 0 saturated heterocycles. The molecule has 0 aliphatic heterocycles. The van der Waals surface area contributed by atoms with Crippen molar-refractivity contribution in [2.24, 2.45) is 5.73 Å². The van der Waals surface area contributed by atoms with Crippen molar-refractivity contribution in [3.8, 4) is 0 Å². The van der Waals surface area contributed by atoms with Crippen LogP contribution < -0.4 is 5.73 Å². The van der Waals surface area contributed by atoms with E-state index in [1.54, 1.807) is 24.4 Å². The normalized spacial score (nSPS) is 15.6. The fourth-order valence-electron chi connectivity index (χ4n) is 0.877. The fourth-order valence-corrected chi connectivity index (χ4v) is 0.877. The molecule has 0 amide bonds. The highest BCUT2D eigenvalue weighted by Gasteiger charge is 2.16. The standard InChI is InChI=1S/C8H12N2O2/c9-5-7(11)8(12)6-3-1-2-4-10-6/h1-4,7-8,11-12H,5,9H2. The van der Waals surface area contributed by atoms with Crippen molar-refractivity contribution in [2.75, 3.05) is 6.54 Å². The summed E-state index contributed by atoms with van der Waals surface area (Å²) >= 11 is 0. The minimum Gasteiger partial charge on any atom is -0.389 e. The second-order valence-corrected chi connectivity index (χ2v) is 2.50. The van der Waals surface area contributed by atoms with Crippen molar-refractivity contribution < 1.29 is 10.2 Å². The van der Waals surface area contributed by atoms with Gasteiger partial charge in [-0.05, 0) is 12.1 Å². The van der Waals surface area contributed by atoms with Gasteiger partial charge in [-0.1, -0.05) is 6.07 Å². The van der Waals surface area contributed by atoms with Gasteiger partial charge in [-0.15, -0.1) is 0 Å². The minimum atomic E-state index is -0.990. The Balaban J connectivity index is 2.71. The summed E-state index contributed by atoms with van der Waals surface area (Å²) in [5, 5.41) is 18.6. The molecule has 4 nitrogen and oxygen atoms in total. The highest BCUT2D eigenvalue weighted by atomic mass is 16.3. The van der Waals surface area contributed by atoms with Crippen molar-refractivity contribution in [3.63, 3.8) is 0 Å².